The molecule has 1 aromatic carbocycles. The molecule has 0 saturated heterocycles. The number of nitrogens with zero attached hydrogens (tertiary/aromatic N) is 1. The summed E-state index contributed by atoms with van der Waals surface area (Å²) >= 11 is 6.19. The average Bonchev–Trinajstić information content (AvgIpc) is 2.29. The number of hydrogen-bond acceptors (Lipinski definition) is 2. The third kappa shape index (κ3) is 1.98. The van der Waals surface area contributed by atoms with Gasteiger partial charge < -0.3 is 4.74 Å². The van der Waals surface area contributed by atoms with Crippen LogP contribution in [0.3, 0.4) is 0 Å². The largest absolute Gasteiger partial charge is 0.477 e. The van der Waals surface area contributed by atoms with Crippen LogP contribution >= 0.6 is 11.6 Å². The Hall–Kier alpha value is -1.46. The van der Waals surface area contributed by atoms with Gasteiger partial charge in [0.25, 0.3) is 0 Å². The van der Waals surface area contributed by atoms with Crippen LogP contribution in [-0.2, 0) is 6.42 Å². The van der Waals surface area contributed by atoms with Crippen LogP contribution in [0.4, 0.5) is 0 Å². The van der Waals surface area contributed by atoms with Gasteiger partial charge in [-0.1, -0.05) is 29.8 Å². The summed E-state index contributed by atoms with van der Waals surface area (Å²) in [4.78, 5) is 0. The Morgan fingerprint density at radius 2 is 2.33 bits per heavy atom. The summed E-state index contributed by atoms with van der Waals surface area (Å²) in [5.74, 6) is 0.604. The van der Waals surface area contributed by atoms with E-state index in [0.717, 1.165) is 24.0 Å². The Morgan fingerprint density at radius 1 is 1.47 bits per heavy atom. The van der Waals surface area contributed by atoms with Crippen LogP contribution in [0.15, 0.2) is 18.2 Å². The number of benzene rings is 1. The van der Waals surface area contributed by atoms with Gasteiger partial charge in [-0.15, -0.1) is 0 Å². The van der Waals surface area contributed by atoms with Crippen LogP contribution in [0.2, 0.25) is 5.02 Å². The SMILES string of the molecule is N#CCOc1ccc2c(c1Cl)CCC=C2. The van der Waals surface area contributed by atoms with Crippen molar-refractivity contribution in [3.63, 3.8) is 0 Å². The summed E-state index contributed by atoms with van der Waals surface area (Å²) in [5, 5.41) is 9.07. The summed E-state index contributed by atoms with van der Waals surface area (Å²) in [6.45, 7) is 0.0361. The highest BCUT2D eigenvalue weighted by Crippen LogP contribution is 2.34. The molecule has 3 heteroatoms. The zero-order valence-corrected chi connectivity index (χ0v) is 8.92. The first kappa shape index (κ1) is 10.1. The molecule has 0 aliphatic heterocycles. The molecule has 1 aliphatic rings. The Bertz CT molecular complexity index is 446. The molecule has 2 nitrogen and oxygen atoms in total. The molecular formula is C12H10ClNO. The second-order valence-electron chi connectivity index (χ2n) is 3.33. The van der Waals surface area contributed by atoms with Crippen LogP contribution < -0.4 is 4.74 Å². The number of allylic oxidation sites excluding steroid dienone is 1. The van der Waals surface area contributed by atoms with Gasteiger partial charge in [-0.3, -0.25) is 0 Å². The van der Waals surface area contributed by atoms with Crippen LogP contribution in [0.25, 0.3) is 6.08 Å². The Labute approximate surface area is 93.7 Å². The lowest BCUT2D eigenvalue weighted by atomic mass is 9.97. The number of nitriles is 1. The van der Waals surface area contributed by atoms with E-state index in [2.05, 4.69) is 12.2 Å². The van der Waals surface area contributed by atoms with Crippen molar-refractivity contribution in [2.75, 3.05) is 6.61 Å². The van der Waals surface area contributed by atoms with Crippen molar-refractivity contribution in [2.45, 2.75) is 12.8 Å². The van der Waals surface area contributed by atoms with Gasteiger partial charge in [0.1, 0.15) is 11.8 Å². The fraction of sp³-hybridized carbons (Fsp3) is 0.250. The van der Waals surface area contributed by atoms with E-state index >= 15 is 0 Å². The minimum atomic E-state index is 0.0361. The van der Waals surface area contributed by atoms with Gasteiger partial charge >= 0.3 is 0 Å². The molecule has 0 aromatic heterocycles. The number of rotatable bonds is 2. The molecule has 15 heavy (non-hydrogen) atoms. The van der Waals surface area contributed by atoms with Gasteiger partial charge in [0.15, 0.2) is 6.61 Å². The van der Waals surface area contributed by atoms with Gasteiger partial charge in [-0.2, -0.15) is 5.26 Å². The molecule has 1 aliphatic carbocycles. The number of ether oxygens (including phenoxy) is 1. The Balaban J connectivity index is 2.36. The molecule has 2 rings (SSSR count). The highest BCUT2D eigenvalue weighted by atomic mass is 35.5. The van der Waals surface area contributed by atoms with Crippen molar-refractivity contribution < 1.29 is 4.74 Å². The van der Waals surface area contributed by atoms with Crippen molar-refractivity contribution in [2.24, 2.45) is 0 Å². The standard InChI is InChI=1S/C12H10ClNO/c13-12-10-4-2-1-3-9(10)5-6-11(12)15-8-7-14/h1,3,5-6H,2,4,8H2. The average molecular weight is 220 g/mol. The Morgan fingerprint density at radius 3 is 3.13 bits per heavy atom. The van der Waals surface area contributed by atoms with E-state index in [1.165, 1.54) is 0 Å². The summed E-state index contributed by atoms with van der Waals surface area (Å²) < 4.78 is 5.23. The van der Waals surface area contributed by atoms with E-state index in [9.17, 15) is 0 Å². The number of halogens is 1. The molecular weight excluding hydrogens is 210 g/mol. The molecule has 0 amide bonds. The second kappa shape index (κ2) is 4.37. The van der Waals surface area contributed by atoms with Crippen LogP contribution in [-0.4, -0.2) is 6.61 Å². The van der Waals surface area contributed by atoms with Gasteiger partial charge in [0, 0.05) is 0 Å². The molecule has 0 atom stereocenters. The fourth-order valence-electron chi connectivity index (χ4n) is 1.68. The third-order valence-electron chi connectivity index (χ3n) is 2.39. The smallest absolute Gasteiger partial charge is 0.174 e. The minimum absolute atomic E-state index is 0.0361. The summed E-state index contributed by atoms with van der Waals surface area (Å²) in [7, 11) is 0. The molecule has 0 N–H and O–H groups in total. The molecule has 1 aromatic rings. The maximum Gasteiger partial charge on any atom is 0.174 e. The lowest BCUT2D eigenvalue weighted by Gasteiger charge is -2.14. The zero-order chi connectivity index (χ0) is 10.7. The molecule has 0 bridgehead atoms. The molecule has 76 valence electrons. The zero-order valence-electron chi connectivity index (χ0n) is 8.16. The first-order valence-corrected chi connectivity index (χ1v) is 5.18. The fourth-order valence-corrected chi connectivity index (χ4v) is 2.01. The normalized spacial score (nSPS) is 13.1. The van der Waals surface area contributed by atoms with Crippen LogP contribution in [0, 0.1) is 11.3 Å². The van der Waals surface area contributed by atoms with Crippen LogP contribution in [0.1, 0.15) is 17.5 Å². The maximum absolute atomic E-state index is 8.43. The van der Waals surface area contributed by atoms with E-state index in [-0.39, 0.29) is 6.61 Å². The van der Waals surface area contributed by atoms with E-state index in [4.69, 9.17) is 21.6 Å². The topological polar surface area (TPSA) is 33.0 Å². The van der Waals surface area contributed by atoms with Crippen LogP contribution in [0.5, 0.6) is 5.75 Å². The monoisotopic (exact) mass is 219 g/mol. The second-order valence-corrected chi connectivity index (χ2v) is 3.71. The van der Waals surface area contributed by atoms with E-state index in [1.54, 1.807) is 0 Å². The number of fused-ring (bicyclic) bond motifs is 1. The maximum atomic E-state index is 8.43. The van der Waals surface area contributed by atoms with Crippen molar-refractivity contribution in [1.82, 2.24) is 0 Å². The Kier molecular flexibility index (Phi) is 2.94. The van der Waals surface area contributed by atoms with Gasteiger partial charge in [0.05, 0.1) is 5.02 Å². The number of hydrogen-bond donors (Lipinski definition) is 0. The molecule has 0 heterocycles. The predicted octanol–water partition coefficient (Wildman–Crippen LogP) is 3.20. The van der Waals surface area contributed by atoms with Gasteiger partial charge in [-0.05, 0) is 30.0 Å². The van der Waals surface area contributed by atoms with E-state index < -0.39 is 0 Å². The van der Waals surface area contributed by atoms with Crippen molar-refractivity contribution in [3.8, 4) is 11.8 Å². The molecule has 0 spiro atoms. The highest BCUT2D eigenvalue weighted by molar-refractivity contribution is 6.33. The predicted molar refractivity (Wildman–Crippen MR) is 59.9 cm³/mol. The van der Waals surface area contributed by atoms with Crippen molar-refractivity contribution >= 4 is 17.7 Å². The third-order valence-corrected chi connectivity index (χ3v) is 2.81. The first-order chi connectivity index (χ1) is 7.33. The van der Waals surface area contributed by atoms with E-state index in [1.807, 2.05) is 18.2 Å². The first-order valence-electron chi connectivity index (χ1n) is 4.80. The molecule has 0 saturated carbocycles. The summed E-state index contributed by atoms with van der Waals surface area (Å²) in [6.07, 6.45) is 6.15. The lowest BCUT2D eigenvalue weighted by molar-refractivity contribution is 0.368. The van der Waals surface area contributed by atoms with E-state index in [0.29, 0.717) is 10.8 Å². The van der Waals surface area contributed by atoms with Gasteiger partial charge in [-0.25, -0.2) is 0 Å². The summed E-state index contributed by atoms with van der Waals surface area (Å²) in [5.41, 5.74) is 2.27. The minimum Gasteiger partial charge on any atom is -0.477 e. The highest BCUT2D eigenvalue weighted by Gasteiger charge is 2.12. The quantitative estimate of drug-likeness (QED) is 0.765. The molecule has 0 fully saturated rings. The van der Waals surface area contributed by atoms with Crippen molar-refractivity contribution in [3.05, 3.63) is 34.4 Å². The lowest BCUT2D eigenvalue weighted by Crippen LogP contribution is -2.00. The van der Waals surface area contributed by atoms with Crippen molar-refractivity contribution in [1.29, 1.82) is 5.26 Å². The van der Waals surface area contributed by atoms with Gasteiger partial charge in [0.2, 0.25) is 0 Å². The molecule has 0 unspecified atom stereocenters. The molecule has 0 radical (unpaired) electrons. The summed E-state index contributed by atoms with van der Waals surface area (Å²) in [6, 6.07) is 5.72.